The molecule has 0 aliphatic heterocycles. The van der Waals surface area contributed by atoms with Gasteiger partial charge in [0.2, 0.25) is 0 Å². The van der Waals surface area contributed by atoms with Crippen molar-refractivity contribution in [2.75, 3.05) is 13.7 Å². The molecule has 152 valence electrons. The van der Waals surface area contributed by atoms with Crippen molar-refractivity contribution in [1.82, 2.24) is 0 Å². The molecule has 1 rings (SSSR count). The third kappa shape index (κ3) is 5.78. The maximum absolute atomic E-state index is 13.2. The maximum Gasteiger partial charge on any atom is 0.309 e. The first-order chi connectivity index (χ1) is 12.4. The Hall–Kier alpha value is -1.41. The van der Waals surface area contributed by atoms with E-state index in [4.69, 9.17) is 9.47 Å². The van der Waals surface area contributed by atoms with Crippen LogP contribution in [0.3, 0.4) is 0 Å². The lowest BCUT2D eigenvalue weighted by Gasteiger charge is -2.44. The Kier molecular flexibility index (Phi) is 8.05. The van der Waals surface area contributed by atoms with Crippen LogP contribution in [0.15, 0.2) is 30.3 Å². The van der Waals surface area contributed by atoms with Crippen molar-refractivity contribution in [3.63, 3.8) is 0 Å². The van der Waals surface area contributed by atoms with E-state index in [0.29, 0.717) is 19.4 Å². The molecule has 4 nitrogen and oxygen atoms in total. The van der Waals surface area contributed by atoms with Crippen molar-refractivity contribution < 1.29 is 19.1 Å². The number of methoxy groups -OCH3 is 1. The van der Waals surface area contributed by atoms with Crippen molar-refractivity contribution >= 4 is 28.1 Å². The third-order valence-corrected chi connectivity index (χ3v) is 11.5. The number of esters is 2. The summed E-state index contributed by atoms with van der Waals surface area (Å²) in [5.74, 6) is -0.366. The Bertz CT molecular complexity index is 632. The Morgan fingerprint density at radius 1 is 1.04 bits per heavy atom. The van der Waals surface area contributed by atoms with Crippen LogP contribution in [0.2, 0.25) is 49.9 Å². The van der Waals surface area contributed by atoms with Gasteiger partial charge in [-0.25, -0.2) is 0 Å². The van der Waals surface area contributed by atoms with Crippen LogP contribution < -0.4 is 0 Å². The second-order valence-electron chi connectivity index (χ2n) is 9.36. The van der Waals surface area contributed by atoms with Gasteiger partial charge in [-0.05, 0) is 25.3 Å². The average Bonchev–Trinajstić information content (AvgIpc) is 2.56. The molecule has 1 aromatic carbocycles. The number of rotatable bonds is 9. The van der Waals surface area contributed by atoms with Gasteiger partial charge < -0.3 is 9.47 Å². The number of benzene rings is 1. The van der Waals surface area contributed by atoms with E-state index < -0.39 is 21.2 Å². The quantitative estimate of drug-likeness (QED) is 0.419. The molecule has 27 heavy (non-hydrogen) atoms. The van der Waals surface area contributed by atoms with Crippen LogP contribution in [-0.2, 0) is 25.5 Å². The second kappa shape index (κ2) is 9.19. The molecule has 0 aliphatic rings. The fourth-order valence-electron chi connectivity index (χ4n) is 3.58. The predicted molar refractivity (Wildman–Crippen MR) is 117 cm³/mol. The molecule has 0 saturated heterocycles. The summed E-state index contributed by atoms with van der Waals surface area (Å²) in [7, 11) is -2.53. The van der Waals surface area contributed by atoms with Crippen molar-refractivity contribution in [2.24, 2.45) is 0 Å². The molecular formula is C21H36O4Si2. The van der Waals surface area contributed by atoms with E-state index in [1.165, 1.54) is 7.11 Å². The van der Waals surface area contributed by atoms with Crippen LogP contribution in [0.4, 0.5) is 0 Å². The number of ether oxygens (including phenoxy) is 2. The van der Waals surface area contributed by atoms with Gasteiger partial charge in [-0.1, -0.05) is 69.6 Å². The van der Waals surface area contributed by atoms with E-state index in [-0.39, 0.29) is 17.5 Å². The summed E-state index contributed by atoms with van der Waals surface area (Å²) in [6, 6.07) is 10.0. The molecule has 2 unspecified atom stereocenters. The lowest BCUT2D eigenvalue weighted by atomic mass is 9.93. The molecule has 0 aliphatic carbocycles. The van der Waals surface area contributed by atoms with Gasteiger partial charge >= 0.3 is 11.9 Å². The minimum absolute atomic E-state index is 0.170. The summed E-state index contributed by atoms with van der Waals surface area (Å²) in [5, 5.41) is -0.680. The SMILES string of the molecule is CCOC(=O)C(CC(Cc1ccccc1)(C(=O)OC)[Si](C)(C)C)[Si](C)(C)C. The highest BCUT2D eigenvalue weighted by atomic mass is 28.3. The summed E-state index contributed by atoms with van der Waals surface area (Å²) in [6.07, 6.45) is 1.09. The van der Waals surface area contributed by atoms with Gasteiger partial charge in [-0.3, -0.25) is 9.59 Å². The van der Waals surface area contributed by atoms with Gasteiger partial charge in [0.15, 0.2) is 0 Å². The summed E-state index contributed by atoms with van der Waals surface area (Å²) in [5.41, 5.74) is 0.857. The predicted octanol–water partition coefficient (Wildman–Crippen LogP) is 5.14. The molecule has 0 bridgehead atoms. The normalized spacial score (nSPS) is 15.6. The molecule has 0 amide bonds. The fourth-order valence-corrected chi connectivity index (χ4v) is 7.80. The molecule has 0 fully saturated rings. The lowest BCUT2D eigenvalue weighted by molar-refractivity contribution is -0.146. The first-order valence-electron chi connectivity index (χ1n) is 9.68. The van der Waals surface area contributed by atoms with E-state index in [0.717, 1.165) is 5.56 Å². The summed E-state index contributed by atoms with van der Waals surface area (Å²) in [6.45, 7) is 15.3. The molecule has 0 radical (unpaired) electrons. The van der Waals surface area contributed by atoms with Crippen LogP contribution in [0.1, 0.15) is 18.9 Å². The Balaban J connectivity index is 3.50. The molecule has 0 spiro atoms. The zero-order chi connectivity index (χ0) is 20.9. The summed E-state index contributed by atoms with van der Waals surface area (Å²) in [4.78, 5) is 26.0. The summed E-state index contributed by atoms with van der Waals surface area (Å²) >= 11 is 0. The van der Waals surface area contributed by atoms with Crippen LogP contribution in [0.25, 0.3) is 0 Å². The fraction of sp³-hybridized carbons (Fsp3) is 0.619. The first-order valence-corrected chi connectivity index (χ1v) is 16.8. The van der Waals surface area contributed by atoms with Gasteiger partial charge in [-0.15, -0.1) is 0 Å². The van der Waals surface area contributed by atoms with Crippen molar-refractivity contribution in [3.05, 3.63) is 35.9 Å². The van der Waals surface area contributed by atoms with Gasteiger partial charge in [0.1, 0.15) is 0 Å². The monoisotopic (exact) mass is 408 g/mol. The zero-order valence-electron chi connectivity index (χ0n) is 18.2. The maximum atomic E-state index is 13.2. The topological polar surface area (TPSA) is 52.6 Å². The molecule has 2 atom stereocenters. The Morgan fingerprint density at radius 2 is 1.59 bits per heavy atom. The molecular weight excluding hydrogens is 372 g/mol. The van der Waals surface area contributed by atoms with Crippen molar-refractivity contribution in [2.45, 2.75) is 69.6 Å². The minimum atomic E-state index is -2.07. The second-order valence-corrected chi connectivity index (χ2v) is 20.2. The van der Waals surface area contributed by atoms with Crippen LogP contribution in [0, 0.1) is 0 Å². The molecule has 0 aromatic heterocycles. The Morgan fingerprint density at radius 3 is 2.00 bits per heavy atom. The van der Waals surface area contributed by atoms with E-state index in [9.17, 15) is 9.59 Å². The minimum Gasteiger partial charge on any atom is -0.469 e. The van der Waals surface area contributed by atoms with Gasteiger partial charge in [0.25, 0.3) is 0 Å². The molecule has 0 heterocycles. The average molecular weight is 409 g/mol. The number of carbonyl (C=O) groups is 2. The summed E-state index contributed by atoms with van der Waals surface area (Å²) < 4.78 is 10.7. The standard InChI is InChI=1S/C21H36O4Si2/c1-9-25-19(22)18(26(3,4)5)16-21(20(23)24-2,27(6,7)8)15-17-13-11-10-12-14-17/h10-14,18H,9,15-16H2,1-8H3. The smallest absolute Gasteiger partial charge is 0.309 e. The van der Waals surface area contributed by atoms with Gasteiger partial charge in [0, 0.05) is 0 Å². The zero-order valence-corrected chi connectivity index (χ0v) is 20.2. The number of carbonyl (C=O) groups excluding carboxylic acids is 2. The van der Waals surface area contributed by atoms with Gasteiger partial charge in [-0.2, -0.15) is 0 Å². The Labute approximate surface area is 166 Å². The van der Waals surface area contributed by atoms with Gasteiger partial charge in [0.05, 0.1) is 40.4 Å². The van der Waals surface area contributed by atoms with E-state index >= 15 is 0 Å². The van der Waals surface area contributed by atoms with E-state index in [1.807, 2.05) is 37.3 Å². The number of hydrogen-bond donors (Lipinski definition) is 0. The molecule has 1 aromatic rings. The van der Waals surface area contributed by atoms with Crippen molar-refractivity contribution in [1.29, 1.82) is 0 Å². The third-order valence-electron chi connectivity index (χ3n) is 5.53. The highest BCUT2D eigenvalue weighted by molar-refractivity contribution is 6.83. The van der Waals surface area contributed by atoms with Crippen LogP contribution in [-0.4, -0.2) is 41.8 Å². The van der Waals surface area contributed by atoms with E-state index in [1.54, 1.807) is 0 Å². The largest absolute Gasteiger partial charge is 0.469 e. The lowest BCUT2D eigenvalue weighted by Crippen LogP contribution is -2.51. The van der Waals surface area contributed by atoms with Crippen LogP contribution in [0.5, 0.6) is 0 Å². The molecule has 0 N–H and O–H groups in total. The van der Waals surface area contributed by atoms with Crippen molar-refractivity contribution in [3.8, 4) is 0 Å². The molecule has 0 saturated carbocycles. The van der Waals surface area contributed by atoms with Crippen LogP contribution >= 0.6 is 0 Å². The first kappa shape index (κ1) is 23.6. The highest BCUT2D eigenvalue weighted by Crippen LogP contribution is 2.51. The van der Waals surface area contributed by atoms with E-state index in [2.05, 4.69) is 39.3 Å². The highest BCUT2D eigenvalue weighted by Gasteiger charge is 2.54. The number of hydrogen-bond acceptors (Lipinski definition) is 4. The molecule has 6 heteroatoms.